The normalized spacial score (nSPS) is 15.4. The first kappa shape index (κ1) is 10.5. The number of hydrogen-bond donors (Lipinski definition) is 2. The fourth-order valence-corrected chi connectivity index (χ4v) is 2.41. The molecule has 0 amide bonds. The van der Waals surface area contributed by atoms with Gasteiger partial charge in [-0.25, -0.2) is 4.98 Å². The predicted molar refractivity (Wildman–Crippen MR) is 60.8 cm³/mol. The van der Waals surface area contributed by atoms with Crippen LogP contribution in [0.4, 0.5) is 0 Å². The van der Waals surface area contributed by atoms with Gasteiger partial charge in [0.05, 0.1) is 27.0 Å². The zero-order valence-electron chi connectivity index (χ0n) is 8.47. The zero-order chi connectivity index (χ0) is 10.9. The number of rotatable bonds is 3. The van der Waals surface area contributed by atoms with Crippen LogP contribution < -0.4 is 5.73 Å². The van der Waals surface area contributed by atoms with Crippen LogP contribution in [0.3, 0.4) is 0 Å². The summed E-state index contributed by atoms with van der Waals surface area (Å²) in [5, 5.41) is 10.7. The molecule has 0 saturated heterocycles. The molecule has 0 bridgehead atoms. The monoisotopic (exact) mass is 223 g/mol. The van der Waals surface area contributed by atoms with Gasteiger partial charge in [-0.3, -0.25) is 4.98 Å². The number of thiazole rings is 1. The molecule has 3 N–H and O–H groups in total. The SMILES string of the molecule is CC(O)(CN)Cc1nc2cnccc2s1. The Bertz CT molecular complexity index is 433. The van der Waals surface area contributed by atoms with E-state index < -0.39 is 5.60 Å². The molecule has 0 fully saturated rings. The summed E-state index contributed by atoms with van der Waals surface area (Å²) < 4.78 is 1.09. The second-order valence-electron chi connectivity index (χ2n) is 3.83. The Balaban J connectivity index is 2.30. The van der Waals surface area contributed by atoms with Gasteiger partial charge in [0, 0.05) is 19.2 Å². The molecule has 0 aromatic carbocycles. The molecule has 2 aromatic rings. The van der Waals surface area contributed by atoms with Crippen molar-refractivity contribution in [2.45, 2.75) is 18.9 Å². The Morgan fingerprint density at radius 1 is 1.60 bits per heavy atom. The molecule has 2 aromatic heterocycles. The van der Waals surface area contributed by atoms with Crippen molar-refractivity contribution in [1.82, 2.24) is 9.97 Å². The second-order valence-corrected chi connectivity index (χ2v) is 4.94. The van der Waals surface area contributed by atoms with Gasteiger partial charge < -0.3 is 10.8 Å². The summed E-state index contributed by atoms with van der Waals surface area (Å²) in [4.78, 5) is 8.39. The lowest BCUT2D eigenvalue weighted by atomic mass is 10.0. The van der Waals surface area contributed by atoms with Gasteiger partial charge in [0.25, 0.3) is 0 Å². The van der Waals surface area contributed by atoms with E-state index in [2.05, 4.69) is 9.97 Å². The Morgan fingerprint density at radius 2 is 2.40 bits per heavy atom. The minimum Gasteiger partial charge on any atom is -0.388 e. The second kappa shape index (κ2) is 3.84. The van der Waals surface area contributed by atoms with Crippen molar-refractivity contribution in [1.29, 1.82) is 0 Å². The van der Waals surface area contributed by atoms with Gasteiger partial charge in [-0.1, -0.05) is 0 Å². The molecule has 5 heteroatoms. The molecule has 2 rings (SSSR count). The fraction of sp³-hybridized carbons (Fsp3) is 0.400. The van der Waals surface area contributed by atoms with E-state index in [9.17, 15) is 5.11 Å². The van der Waals surface area contributed by atoms with E-state index in [1.165, 1.54) is 0 Å². The summed E-state index contributed by atoms with van der Waals surface area (Å²) in [7, 11) is 0. The van der Waals surface area contributed by atoms with E-state index in [1.807, 2.05) is 6.07 Å². The van der Waals surface area contributed by atoms with Gasteiger partial charge in [0.15, 0.2) is 0 Å². The van der Waals surface area contributed by atoms with Crippen molar-refractivity contribution in [3.63, 3.8) is 0 Å². The van der Waals surface area contributed by atoms with Crippen LogP contribution in [0.2, 0.25) is 0 Å². The topological polar surface area (TPSA) is 72.0 Å². The van der Waals surface area contributed by atoms with Crippen molar-refractivity contribution in [3.8, 4) is 0 Å². The third kappa shape index (κ3) is 2.31. The van der Waals surface area contributed by atoms with Crippen LogP contribution in [0.25, 0.3) is 10.2 Å². The number of aliphatic hydroxyl groups is 1. The van der Waals surface area contributed by atoms with Crippen LogP contribution in [0, 0.1) is 0 Å². The molecule has 0 radical (unpaired) electrons. The average molecular weight is 223 g/mol. The highest BCUT2D eigenvalue weighted by atomic mass is 32.1. The third-order valence-electron chi connectivity index (χ3n) is 2.21. The Labute approximate surface area is 91.8 Å². The number of nitrogens with two attached hydrogens (primary N) is 1. The molecule has 0 aliphatic carbocycles. The van der Waals surface area contributed by atoms with Gasteiger partial charge >= 0.3 is 0 Å². The van der Waals surface area contributed by atoms with Gasteiger partial charge in [0.2, 0.25) is 0 Å². The fourth-order valence-electron chi connectivity index (χ4n) is 1.30. The van der Waals surface area contributed by atoms with E-state index in [4.69, 9.17) is 5.73 Å². The lowest BCUT2D eigenvalue weighted by Gasteiger charge is -2.18. The number of nitrogens with zero attached hydrogens (tertiary/aromatic N) is 2. The minimum atomic E-state index is -0.874. The van der Waals surface area contributed by atoms with Crippen molar-refractivity contribution < 1.29 is 5.11 Å². The number of pyridine rings is 1. The molecule has 1 unspecified atom stereocenters. The summed E-state index contributed by atoms with van der Waals surface area (Å²) >= 11 is 1.57. The highest BCUT2D eigenvalue weighted by molar-refractivity contribution is 7.18. The van der Waals surface area contributed by atoms with Crippen molar-refractivity contribution in [2.75, 3.05) is 6.54 Å². The smallest absolute Gasteiger partial charge is 0.0998 e. The molecule has 0 spiro atoms. The first-order valence-corrected chi connectivity index (χ1v) is 5.54. The van der Waals surface area contributed by atoms with E-state index >= 15 is 0 Å². The quantitative estimate of drug-likeness (QED) is 0.812. The number of aromatic nitrogens is 2. The molecule has 0 aliphatic heterocycles. The molecule has 2 heterocycles. The average Bonchev–Trinajstić information content (AvgIpc) is 2.58. The summed E-state index contributed by atoms with van der Waals surface area (Å²) in [6.45, 7) is 1.96. The van der Waals surface area contributed by atoms with Gasteiger partial charge in [-0.05, 0) is 13.0 Å². The van der Waals surface area contributed by atoms with E-state index in [-0.39, 0.29) is 6.54 Å². The standard InChI is InChI=1S/C10H13N3OS/c1-10(14,6-11)4-9-13-7-5-12-3-2-8(7)15-9/h2-3,5,14H,4,6,11H2,1H3. The van der Waals surface area contributed by atoms with Crippen molar-refractivity contribution in [3.05, 3.63) is 23.5 Å². The maximum absolute atomic E-state index is 9.83. The minimum absolute atomic E-state index is 0.237. The Kier molecular flexibility index (Phi) is 2.68. The highest BCUT2D eigenvalue weighted by Gasteiger charge is 2.20. The van der Waals surface area contributed by atoms with Gasteiger partial charge in [-0.15, -0.1) is 11.3 Å². The van der Waals surface area contributed by atoms with Crippen LogP contribution in [0.15, 0.2) is 18.5 Å². The van der Waals surface area contributed by atoms with E-state index in [0.717, 1.165) is 15.2 Å². The van der Waals surface area contributed by atoms with E-state index in [1.54, 1.807) is 30.7 Å². The molecule has 4 nitrogen and oxygen atoms in total. The molecule has 15 heavy (non-hydrogen) atoms. The largest absolute Gasteiger partial charge is 0.388 e. The first-order valence-electron chi connectivity index (χ1n) is 4.73. The van der Waals surface area contributed by atoms with Crippen LogP contribution in [0.1, 0.15) is 11.9 Å². The van der Waals surface area contributed by atoms with Gasteiger partial charge in [0.1, 0.15) is 0 Å². The number of hydrogen-bond acceptors (Lipinski definition) is 5. The van der Waals surface area contributed by atoms with Gasteiger partial charge in [-0.2, -0.15) is 0 Å². The van der Waals surface area contributed by atoms with Crippen LogP contribution in [-0.4, -0.2) is 27.2 Å². The van der Waals surface area contributed by atoms with Crippen molar-refractivity contribution in [2.24, 2.45) is 5.73 Å². The van der Waals surface area contributed by atoms with Crippen LogP contribution >= 0.6 is 11.3 Å². The Hall–Kier alpha value is -1.04. The molecular formula is C10H13N3OS. The van der Waals surface area contributed by atoms with Crippen LogP contribution in [-0.2, 0) is 6.42 Å². The molecule has 0 saturated carbocycles. The summed E-state index contributed by atoms with van der Waals surface area (Å²) in [6.07, 6.45) is 3.96. The predicted octanol–water partition coefficient (Wildman–Crippen LogP) is 0.943. The summed E-state index contributed by atoms with van der Waals surface area (Å²) in [5.74, 6) is 0. The summed E-state index contributed by atoms with van der Waals surface area (Å²) in [6, 6.07) is 1.92. The maximum Gasteiger partial charge on any atom is 0.0998 e. The third-order valence-corrected chi connectivity index (χ3v) is 3.24. The molecular weight excluding hydrogens is 210 g/mol. The molecule has 1 atom stereocenters. The lowest BCUT2D eigenvalue weighted by molar-refractivity contribution is 0.0696. The molecule has 0 aliphatic rings. The first-order chi connectivity index (χ1) is 7.11. The maximum atomic E-state index is 9.83. The van der Waals surface area contributed by atoms with Crippen LogP contribution in [0.5, 0.6) is 0 Å². The highest BCUT2D eigenvalue weighted by Crippen LogP contribution is 2.23. The molecule has 80 valence electrons. The van der Waals surface area contributed by atoms with E-state index in [0.29, 0.717) is 6.42 Å². The lowest BCUT2D eigenvalue weighted by Crippen LogP contribution is -2.36. The summed E-state index contributed by atoms with van der Waals surface area (Å²) in [5.41, 5.74) is 5.47. The zero-order valence-corrected chi connectivity index (χ0v) is 9.29. The number of fused-ring (bicyclic) bond motifs is 1. The van der Waals surface area contributed by atoms with Crippen molar-refractivity contribution >= 4 is 21.6 Å². The Morgan fingerprint density at radius 3 is 3.07 bits per heavy atom.